The number of allylic oxidation sites excluding steroid dienone is 1. The van der Waals surface area contributed by atoms with Crippen LogP contribution in [0.3, 0.4) is 0 Å². The lowest BCUT2D eigenvalue weighted by Gasteiger charge is -2.15. The topological polar surface area (TPSA) is 85.4 Å². The summed E-state index contributed by atoms with van der Waals surface area (Å²) in [6.07, 6.45) is 6.28. The van der Waals surface area contributed by atoms with Crippen LogP contribution in [0.25, 0.3) is 12.3 Å². The molecule has 0 aromatic carbocycles. The molecule has 2 amide bonds. The normalized spacial score (nSPS) is 17.0. The maximum Gasteiger partial charge on any atom is 0.249 e. The molecule has 0 spiro atoms. The van der Waals surface area contributed by atoms with E-state index in [0.717, 1.165) is 5.01 Å². The Morgan fingerprint density at radius 1 is 1.32 bits per heavy atom. The fourth-order valence-corrected chi connectivity index (χ4v) is 2.45. The minimum absolute atomic E-state index is 0.103. The minimum atomic E-state index is -0.300. The fourth-order valence-electron chi connectivity index (χ4n) is 2.45. The third-order valence-electron chi connectivity index (χ3n) is 3.54. The summed E-state index contributed by atoms with van der Waals surface area (Å²) in [5.41, 5.74) is 6.05. The number of imide groups is 1. The van der Waals surface area contributed by atoms with Gasteiger partial charge in [-0.15, -0.1) is 0 Å². The zero-order chi connectivity index (χ0) is 16.4. The van der Waals surface area contributed by atoms with Gasteiger partial charge in [-0.2, -0.15) is 5.01 Å². The zero-order valence-electron chi connectivity index (χ0n) is 12.7. The molecule has 1 aromatic heterocycles. The molecule has 1 aliphatic rings. The predicted molar refractivity (Wildman–Crippen MR) is 83.6 cm³/mol. The molecule has 2 N–H and O–H groups in total. The molecule has 0 radical (unpaired) electrons. The van der Waals surface area contributed by atoms with Crippen molar-refractivity contribution >= 4 is 29.9 Å². The Morgan fingerprint density at radius 3 is 2.36 bits per heavy atom. The first kappa shape index (κ1) is 15.8. The second-order valence-electron chi connectivity index (χ2n) is 5.37. The van der Waals surface area contributed by atoms with Crippen molar-refractivity contribution in [3.8, 4) is 0 Å². The highest BCUT2D eigenvalue weighted by Gasteiger charge is 2.32. The van der Waals surface area contributed by atoms with E-state index < -0.39 is 0 Å². The predicted octanol–water partition coefficient (Wildman–Crippen LogP) is -0.225. The molecule has 0 bridgehead atoms. The highest BCUT2D eigenvalue weighted by Crippen LogP contribution is 2.11. The first-order valence-corrected chi connectivity index (χ1v) is 7.08. The number of rotatable bonds is 4. The van der Waals surface area contributed by atoms with E-state index in [1.807, 2.05) is 0 Å². The third kappa shape index (κ3) is 2.47. The van der Waals surface area contributed by atoms with Crippen LogP contribution in [0.4, 0.5) is 0 Å². The van der Waals surface area contributed by atoms with Gasteiger partial charge < -0.3 is 5.73 Å². The van der Waals surface area contributed by atoms with Crippen LogP contribution in [0.1, 0.15) is 37.0 Å². The lowest BCUT2D eigenvalue weighted by molar-refractivity contribution is -0.123. The number of hydrogen-bond acceptors (Lipinski definition) is 4. The minimum Gasteiger partial charge on any atom is -0.404 e. The van der Waals surface area contributed by atoms with Gasteiger partial charge in [-0.05, 0) is 6.08 Å². The van der Waals surface area contributed by atoms with Crippen molar-refractivity contribution in [1.82, 2.24) is 4.68 Å². The van der Waals surface area contributed by atoms with Crippen LogP contribution in [0.5, 0.6) is 0 Å². The van der Waals surface area contributed by atoms with Gasteiger partial charge in [-0.1, -0.05) is 26.5 Å². The van der Waals surface area contributed by atoms with E-state index in [9.17, 15) is 14.4 Å². The Balaban J connectivity index is 2.78. The summed E-state index contributed by atoms with van der Waals surface area (Å²) in [6.45, 7) is 7.19. The van der Waals surface area contributed by atoms with Crippen LogP contribution in [-0.4, -0.2) is 22.3 Å². The molecule has 6 heteroatoms. The van der Waals surface area contributed by atoms with Crippen molar-refractivity contribution in [2.45, 2.75) is 26.7 Å². The largest absolute Gasteiger partial charge is 0.404 e. The number of amides is 2. The first-order valence-electron chi connectivity index (χ1n) is 7.08. The van der Waals surface area contributed by atoms with Crippen molar-refractivity contribution < 1.29 is 14.4 Å². The van der Waals surface area contributed by atoms with Gasteiger partial charge in [0.05, 0.1) is 5.35 Å². The fraction of sp³-hybridized carbons (Fsp3) is 0.312. The van der Waals surface area contributed by atoms with E-state index in [1.165, 1.54) is 23.1 Å². The third-order valence-corrected chi connectivity index (χ3v) is 3.54. The summed E-state index contributed by atoms with van der Waals surface area (Å²) in [4.78, 5) is 36.3. The summed E-state index contributed by atoms with van der Waals surface area (Å²) in [5.74, 6) is -0.930. The number of aromatic nitrogens is 1. The monoisotopic (exact) mass is 301 g/mol. The van der Waals surface area contributed by atoms with Crippen LogP contribution < -0.4 is 21.3 Å². The molecular weight excluding hydrogens is 282 g/mol. The van der Waals surface area contributed by atoms with Gasteiger partial charge in [-0.25, -0.2) is 4.68 Å². The quantitative estimate of drug-likeness (QED) is 0.615. The first-order chi connectivity index (χ1) is 10.4. The van der Waals surface area contributed by atoms with Gasteiger partial charge in [0.15, 0.2) is 5.78 Å². The van der Waals surface area contributed by atoms with Gasteiger partial charge in [0, 0.05) is 41.9 Å². The van der Waals surface area contributed by atoms with Crippen molar-refractivity contribution in [2.24, 2.45) is 11.7 Å². The van der Waals surface area contributed by atoms with Crippen molar-refractivity contribution in [1.29, 1.82) is 0 Å². The van der Waals surface area contributed by atoms with Crippen LogP contribution in [-0.2, 0) is 9.59 Å². The molecule has 116 valence electrons. The van der Waals surface area contributed by atoms with Crippen LogP contribution >= 0.6 is 0 Å². The van der Waals surface area contributed by atoms with Crippen LogP contribution in [0.15, 0.2) is 18.9 Å². The van der Waals surface area contributed by atoms with Crippen molar-refractivity contribution in [3.05, 3.63) is 35.0 Å². The Bertz CT molecular complexity index is 755. The summed E-state index contributed by atoms with van der Waals surface area (Å²) in [5, 5.41) is 2.04. The molecular formula is C16H19N3O3. The number of nitrogens with zero attached hydrogens (tertiary/aromatic N) is 2. The van der Waals surface area contributed by atoms with Gasteiger partial charge in [0.2, 0.25) is 11.8 Å². The number of Topliss-reactive ketones (excluding diaryl/α,β-unsaturated/α-hetero) is 1. The highest BCUT2D eigenvalue weighted by molar-refractivity contribution is 6.14. The molecule has 0 atom stereocenters. The molecule has 1 fully saturated rings. The second-order valence-corrected chi connectivity index (χ2v) is 5.37. The Labute approximate surface area is 128 Å². The average Bonchev–Trinajstić information content (AvgIpc) is 2.99. The van der Waals surface area contributed by atoms with E-state index in [4.69, 9.17) is 5.73 Å². The van der Waals surface area contributed by atoms with E-state index in [-0.39, 0.29) is 36.4 Å². The second kappa shape index (κ2) is 6.01. The van der Waals surface area contributed by atoms with Gasteiger partial charge in [0.25, 0.3) is 0 Å². The van der Waals surface area contributed by atoms with Gasteiger partial charge in [-0.3, -0.25) is 14.4 Å². The van der Waals surface area contributed by atoms with Gasteiger partial charge >= 0.3 is 0 Å². The molecule has 2 heterocycles. The van der Waals surface area contributed by atoms with Gasteiger partial charge in [0.1, 0.15) is 0 Å². The number of nitrogens with two attached hydrogens (primary N) is 1. The summed E-state index contributed by atoms with van der Waals surface area (Å²) in [7, 11) is 0. The van der Waals surface area contributed by atoms with E-state index in [0.29, 0.717) is 16.1 Å². The molecule has 0 unspecified atom stereocenters. The summed E-state index contributed by atoms with van der Waals surface area (Å²) >= 11 is 0. The van der Waals surface area contributed by atoms with E-state index >= 15 is 0 Å². The number of ketones is 1. The average molecular weight is 301 g/mol. The molecule has 1 aliphatic heterocycles. The maximum atomic E-state index is 12.4. The molecule has 22 heavy (non-hydrogen) atoms. The molecule has 1 saturated heterocycles. The maximum absolute atomic E-state index is 12.4. The number of carbonyl (C=O) groups excluding carboxylic acids is 3. The van der Waals surface area contributed by atoms with Crippen molar-refractivity contribution in [3.63, 3.8) is 0 Å². The SMILES string of the molecule is C=C/C=c1\c(=C/N)c(C(=O)C(C)C)cn1N1C(=O)CCC1=O. The Morgan fingerprint density at radius 2 is 1.91 bits per heavy atom. The number of carbonyl (C=O) groups is 3. The van der Waals surface area contributed by atoms with Crippen LogP contribution in [0.2, 0.25) is 0 Å². The molecule has 0 aliphatic carbocycles. The zero-order valence-corrected chi connectivity index (χ0v) is 12.7. The molecule has 6 nitrogen and oxygen atoms in total. The molecule has 2 rings (SSSR count). The lowest BCUT2D eigenvalue weighted by Crippen LogP contribution is -2.47. The Kier molecular flexibility index (Phi) is 4.30. The Hall–Kier alpha value is -2.63. The molecule has 0 saturated carbocycles. The van der Waals surface area contributed by atoms with E-state index in [1.54, 1.807) is 19.9 Å². The summed E-state index contributed by atoms with van der Waals surface area (Å²) in [6, 6.07) is 0. The number of hydrogen-bond donors (Lipinski definition) is 1. The van der Waals surface area contributed by atoms with Crippen LogP contribution in [0, 0.1) is 5.92 Å². The van der Waals surface area contributed by atoms with Crippen molar-refractivity contribution in [2.75, 3.05) is 5.01 Å². The lowest BCUT2D eigenvalue weighted by atomic mass is 10.0. The molecule has 1 aromatic rings. The highest BCUT2D eigenvalue weighted by atomic mass is 16.2. The summed E-state index contributed by atoms with van der Waals surface area (Å²) < 4.78 is 1.40. The smallest absolute Gasteiger partial charge is 0.249 e. The standard InChI is InChI=1S/C16H19N3O3/c1-4-5-13-11(8-17)12(16(22)10(2)3)9-18(13)19-14(20)6-7-15(19)21/h4-5,8-10H,1,6-7,17H2,2-3H3/b11-8-,13-5+. The van der Waals surface area contributed by atoms with E-state index in [2.05, 4.69) is 6.58 Å².